The van der Waals surface area contributed by atoms with Crippen LogP contribution in [0.15, 0.2) is 60.9 Å². The number of hydrogen-bond acceptors (Lipinski definition) is 2. The zero-order valence-corrected chi connectivity index (χ0v) is 11.9. The van der Waals surface area contributed by atoms with E-state index in [2.05, 4.69) is 5.32 Å². The van der Waals surface area contributed by atoms with Gasteiger partial charge in [0.15, 0.2) is 0 Å². The van der Waals surface area contributed by atoms with Gasteiger partial charge in [-0.1, -0.05) is 41.4 Å². The van der Waals surface area contributed by atoms with Crippen LogP contribution in [-0.2, 0) is 4.79 Å². The Morgan fingerprint density at radius 1 is 1.05 bits per heavy atom. The smallest absolute Gasteiger partial charge is 0.251 e. The first-order valence-corrected chi connectivity index (χ1v) is 6.54. The third-order valence-electron chi connectivity index (χ3n) is 2.30. The van der Waals surface area contributed by atoms with Crippen molar-refractivity contribution in [3.05, 3.63) is 70.9 Å². The molecule has 0 saturated carbocycles. The zero-order valence-electron chi connectivity index (χ0n) is 10.3. The van der Waals surface area contributed by atoms with E-state index < -0.39 is 0 Å². The molecule has 1 N–H and O–H groups in total. The summed E-state index contributed by atoms with van der Waals surface area (Å²) in [7, 11) is 0. The van der Waals surface area contributed by atoms with E-state index in [1.165, 1.54) is 12.3 Å². The monoisotopic (exact) mass is 307 g/mol. The van der Waals surface area contributed by atoms with E-state index in [9.17, 15) is 4.79 Å². The minimum Gasteiger partial charge on any atom is -0.465 e. The highest BCUT2D eigenvalue weighted by molar-refractivity contribution is 6.35. The number of hydrogen-bond donors (Lipinski definition) is 1. The van der Waals surface area contributed by atoms with Crippen LogP contribution in [0.5, 0.6) is 5.75 Å². The predicted octanol–water partition coefficient (Wildman–Crippen LogP) is 4.52. The highest BCUT2D eigenvalue weighted by atomic mass is 35.5. The Labute approximate surface area is 126 Å². The van der Waals surface area contributed by atoms with E-state index in [0.29, 0.717) is 21.5 Å². The molecule has 102 valence electrons. The highest BCUT2D eigenvalue weighted by Gasteiger charge is 2.01. The van der Waals surface area contributed by atoms with Gasteiger partial charge in [0.25, 0.3) is 5.91 Å². The molecule has 0 aliphatic heterocycles. The van der Waals surface area contributed by atoms with Crippen molar-refractivity contribution in [2.45, 2.75) is 0 Å². The van der Waals surface area contributed by atoms with Gasteiger partial charge in [0.2, 0.25) is 0 Å². The van der Waals surface area contributed by atoms with Crippen LogP contribution in [0.2, 0.25) is 10.0 Å². The number of benzene rings is 2. The maximum atomic E-state index is 11.7. The Bertz CT molecular complexity index is 607. The van der Waals surface area contributed by atoms with Crippen LogP contribution >= 0.6 is 23.2 Å². The SMILES string of the molecule is O=C(C=COc1ccccc1)Nc1cc(Cl)cc(Cl)c1. The predicted molar refractivity (Wildman–Crippen MR) is 81.3 cm³/mol. The minimum atomic E-state index is -0.334. The quantitative estimate of drug-likeness (QED) is 0.666. The molecule has 0 spiro atoms. The third kappa shape index (κ3) is 4.61. The molecule has 20 heavy (non-hydrogen) atoms. The summed E-state index contributed by atoms with van der Waals surface area (Å²) >= 11 is 11.7. The molecule has 1 amide bonds. The number of rotatable bonds is 4. The van der Waals surface area contributed by atoms with Crippen molar-refractivity contribution in [3.8, 4) is 5.75 Å². The van der Waals surface area contributed by atoms with Gasteiger partial charge in [0.1, 0.15) is 5.75 Å². The number of ether oxygens (including phenoxy) is 1. The van der Waals surface area contributed by atoms with Gasteiger partial charge in [-0.25, -0.2) is 0 Å². The van der Waals surface area contributed by atoms with Gasteiger partial charge >= 0.3 is 0 Å². The van der Waals surface area contributed by atoms with Gasteiger partial charge in [-0.3, -0.25) is 4.79 Å². The molecule has 0 unspecified atom stereocenters. The van der Waals surface area contributed by atoms with Gasteiger partial charge in [0, 0.05) is 21.8 Å². The van der Waals surface area contributed by atoms with Crippen LogP contribution in [0.1, 0.15) is 0 Å². The normalized spacial score (nSPS) is 10.5. The molecule has 0 heterocycles. The van der Waals surface area contributed by atoms with Crippen molar-refractivity contribution >= 4 is 34.8 Å². The van der Waals surface area contributed by atoms with Crippen molar-refractivity contribution in [2.24, 2.45) is 0 Å². The first kappa shape index (κ1) is 14.4. The number of carbonyl (C=O) groups is 1. The largest absolute Gasteiger partial charge is 0.465 e. The Balaban J connectivity index is 1.92. The third-order valence-corrected chi connectivity index (χ3v) is 2.73. The van der Waals surface area contributed by atoms with Crippen LogP contribution in [0.25, 0.3) is 0 Å². The summed E-state index contributed by atoms with van der Waals surface area (Å²) in [5.41, 5.74) is 0.525. The molecule has 0 saturated heterocycles. The Kier molecular flexibility index (Phi) is 5.04. The molecule has 0 fully saturated rings. The topological polar surface area (TPSA) is 38.3 Å². The van der Waals surface area contributed by atoms with Gasteiger partial charge in [-0.05, 0) is 30.3 Å². The standard InChI is InChI=1S/C15H11Cl2NO2/c16-11-8-12(17)10-13(9-11)18-15(19)6-7-20-14-4-2-1-3-5-14/h1-10H,(H,18,19). The maximum absolute atomic E-state index is 11.7. The number of amides is 1. The number of anilines is 1. The van der Waals surface area contributed by atoms with Gasteiger partial charge in [-0.2, -0.15) is 0 Å². The van der Waals surface area contributed by atoms with Crippen molar-refractivity contribution in [1.82, 2.24) is 0 Å². The zero-order chi connectivity index (χ0) is 14.4. The van der Waals surface area contributed by atoms with E-state index in [0.717, 1.165) is 0 Å². The molecule has 0 aromatic heterocycles. The number of para-hydroxylation sites is 1. The summed E-state index contributed by atoms with van der Waals surface area (Å²) in [5.74, 6) is 0.321. The molecule has 0 bridgehead atoms. The van der Waals surface area contributed by atoms with E-state index in [-0.39, 0.29) is 5.91 Å². The van der Waals surface area contributed by atoms with E-state index >= 15 is 0 Å². The van der Waals surface area contributed by atoms with Crippen LogP contribution in [0.3, 0.4) is 0 Å². The first-order valence-electron chi connectivity index (χ1n) is 5.79. The molecular weight excluding hydrogens is 297 g/mol. The first-order chi connectivity index (χ1) is 9.63. The van der Waals surface area contributed by atoms with Crippen molar-refractivity contribution < 1.29 is 9.53 Å². The van der Waals surface area contributed by atoms with Crippen molar-refractivity contribution in [1.29, 1.82) is 0 Å². The number of halogens is 2. The lowest BCUT2D eigenvalue weighted by atomic mass is 10.3. The second-order valence-corrected chi connectivity index (χ2v) is 4.75. The average molecular weight is 308 g/mol. The summed E-state index contributed by atoms with van der Waals surface area (Å²) in [4.78, 5) is 11.7. The maximum Gasteiger partial charge on any atom is 0.251 e. The van der Waals surface area contributed by atoms with E-state index in [4.69, 9.17) is 27.9 Å². The molecule has 2 aromatic carbocycles. The lowest BCUT2D eigenvalue weighted by Crippen LogP contribution is -2.08. The number of carbonyl (C=O) groups excluding carboxylic acids is 1. The second kappa shape index (κ2) is 6.98. The van der Waals surface area contributed by atoms with Crippen LogP contribution in [0.4, 0.5) is 5.69 Å². The summed E-state index contributed by atoms with van der Waals surface area (Å²) in [5, 5.41) is 3.55. The molecule has 5 heteroatoms. The molecule has 0 atom stereocenters. The van der Waals surface area contributed by atoms with Gasteiger partial charge in [0.05, 0.1) is 6.26 Å². The molecule has 2 aromatic rings. The number of nitrogens with one attached hydrogen (secondary N) is 1. The van der Waals surface area contributed by atoms with Gasteiger partial charge in [-0.15, -0.1) is 0 Å². The van der Waals surface area contributed by atoms with Crippen LogP contribution in [-0.4, -0.2) is 5.91 Å². The molecule has 0 radical (unpaired) electrons. The lowest BCUT2D eigenvalue weighted by molar-refractivity contribution is -0.112. The summed E-state index contributed by atoms with van der Waals surface area (Å²) in [6, 6.07) is 14.0. The van der Waals surface area contributed by atoms with Crippen molar-refractivity contribution in [2.75, 3.05) is 5.32 Å². The fraction of sp³-hybridized carbons (Fsp3) is 0. The second-order valence-electron chi connectivity index (χ2n) is 3.88. The minimum absolute atomic E-state index is 0.334. The van der Waals surface area contributed by atoms with E-state index in [1.807, 2.05) is 18.2 Å². The molecular formula is C15H11Cl2NO2. The van der Waals surface area contributed by atoms with Crippen LogP contribution < -0.4 is 10.1 Å². The summed E-state index contributed by atoms with van der Waals surface area (Å²) in [6.07, 6.45) is 2.60. The molecule has 3 nitrogen and oxygen atoms in total. The van der Waals surface area contributed by atoms with Crippen LogP contribution in [0, 0.1) is 0 Å². The molecule has 2 rings (SSSR count). The van der Waals surface area contributed by atoms with Crippen molar-refractivity contribution in [3.63, 3.8) is 0 Å². The average Bonchev–Trinajstić information content (AvgIpc) is 2.38. The Hall–Kier alpha value is -1.97. The Morgan fingerprint density at radius 3 is 2.35 bits per heavy atom. The molecule has 0 aliphatic carbocycles. The fourth-order valence-corrected chi connectivity index (χ4v) is 2.01. The van der Waals surface area contributed by atoms with E-state index in [1.54, 1.807) is 30.3 Å². The fourth-order valence-electron chi connectivity index (χ4n) is 1.48. The summed E-state index contributed by atoms with van der Waals surface area (Å²) < 4.78 is 5.27. The highest BCUT2D eigenvalue weighted by Crippen LogP contribution is 2.22. The lowest BCUT2D eigenvalue weighted by Gasteiger charge is -2.03. The van der Waals surface area contributed by atoms with Gasteiger partial charge < -0.3 is 10.1 Å². The summed E-state index contributed by atoms with van der Waals surface area (Å²) in [6.45, 7) is 0. The Morgan fingerprint density at radius 2 is 1.70 bits per heavy atom. The molecule has 0 aliphatic rings.